The Morgan fingerprint density at radius 2 is 2.04 bits per heavy atom. The minimum atomic E-state index is -4.52. The minimum Gasteiger partial charge on any atom is -0.328 e. The van der Waals surface area contributed by atoms with Crippen LogP contribution in [0.15, 0.2) is 30.3 Å². The summed E-state index contributed by atoms with van der Waals surface area (Å²) in [5.74, 6) is -0.241. The number of nitrogens with zero attached hydrogens (tertiary/aromatic N) is 2. The highest BCUT2D eigenvalue weighted by Crippen LogP contribution is 2.35. The molecule has 2 atom stereocenters. The number of aromatic nitrogens is 2. The molecule has 1 saturated carbocycles. The Hall–Kier alpha value is -2.35. The number of hydrogen-bond donors (Lipinski definition) is 2. The number of nitrogens with one attached hydrogen (secondary N) is 1. The number of nitrogens with two attached hydrogens (primary N) is 1. The van der Waals surface area contributed by atoms with Crippen LogP contribution in [0.5, 0.6) is 0 Å². The summed E-state index contributed by atoms with van der Waals surface area (Å²) < 4.78 is 41.0. The number of carbonyl (C=O) groups is 1. The first kappa shape index (κ1) is 17.5. The Balaban J connectivity index is 1.94. The molecule has 134 valence electrons. The lowest BCUT2D eigenvalue weighted by molar-refractivity contribution is -0.137. The lowest BCUT2D eigenvalue weighted by Crippen LogP contribution is -2.24. The summed E-state index contributed by atoms with van der Waals surface area (Å²) >= 11 is 0. The number of anilines is 1. The van der Waals surface area contributed by atoms with E-state index in [1.54, 1.807) is 13.0 Å². The van der Waals surface area contributed by atoms with Crippen molar-refractivity contribution in [2.24, 2.45) is 11.7 Å². The highest BCUT2D eigenvalue weighted by atomic mass is 19.4. The number of benzene rings is 1. The van der Waals surface area contributed by atoms with Crippen molar-refractivity contribution in [2.75, 3.05) is 5.32 Å². The third kappa shape index (κ3) is 3.68. The van der Waals surface area contributed by atoms with E-state index in [4.69, 9.17) is 5.73 Å². The molecule has 2 unspecified atom stereocenters. The topological polar surface area (TPSA) is 72.9 Å². The highest BCUT2D eigenvalue weighted by Gasteiger charge is 2.35. The molecule has 3 N–H and O–H groups in total. The standard InChI is InChI=1S/C17H19F3N4O/c1-10-8-15(22-16(25)11-6-7-12(21)9-11)24(23-10)14-5-3-2-4-13(14)17(18,19)20/h2-5,8,11-12H,6-7,9,21H2,1H3,(H,22,25). The third-order valence-corrected chi connectivity index (χ3v) is 4.36. The first-order valence-electron chi connectivity index (χ1n) is 8.05. The molecule has 1 aliphatic rings. The van der Waals surface area contributed by atoms with Crippen molar-refractivity contribution in [1.29, 1.82) is 0 Å². The summed E-state index contributed by atoms with van der Waals surface area (Å²) in [6, 6.07) is 6.70. The van der Waals surface area contributed by atoms with Gasteiger partial charge in [-0.1, -0.05) is 12.1 Å². The number of carbonyl (C=O) groups excluding carboxylic acids is 1. The molecule has 25 heavy (non-hydrogen) atoms. The average Bonchev–Trinajstić information content (AvgIpc) is 3.12. The number of alkyl halides is 3. The molecule has 0 radical (unpaired) electrons. The molecule has 1 amide bonds. The van der Waals surface area contributed by atoms with Crippen molar-refractivity contribution in [1.82, 2.24) is 9.78 Å². The van der Waals surface area contributed by atoms with Crippen molar-refractivity contribution in [2.45, 2.75) is 38.4 Å². The van der Waals surface area contributed by atoms with Gasteiger partial charge < -0.3 is 11.1 Å². The van der Waals surface area contributed by atoms with Crippen molar-refractivity contribution in [3.63, 3.8) is 0 Å². The molecule has 1 aromatic carbocycles. The number of amides is 1. The lowest BCUT2D eigenvalue weighted by Gasteiger charge is -2.16. The van der Waals surface area contributed by atoms with Gasteiger partial charge in [-0.2, -0.15) is 18.3 Å². The van der Waals surface area contributed by atoms with Gasteiger partial charge in [-0.3, -0.25) is 4.79 Å². The maximum atomic E-state index is 13.3. The zero-order chi connectivity index (χ0) is 18.2. The van der Waals surface area contributed by atoms with Crippen LogP contribution in [-0.2, 0) is 11.0 Å². The molecule has 5 nitrogen and oxygen atoms in total. The van der Waals surface area contributed by atoms with Crippen LogP contribution in [-0.4, -0.2) is 21.7 Å². The normalized spacial score (nSPS) is 20.7. The van der Waals surface area contributed by atoms with Gasteiger partial charge in [0.25, 0.3) is 0 Å². The van der Waals surface area contributed by atoms with Crippen LogP contribution >= 0.6 is 0 Å². The van der Waals surface area contributed by atoms with Gasteiger partial charge in [0, 0.05) is 18.0 Å². The molecule has 2 aromatic rings. The second-order valence-corrected chi connectivity index (χ2v) is 6.36. The fraction of sp³-hybridized carbons (Fsp3) is 0.412. The van der Waals surface area contributed by atoms with E-state index < -0.39 is 11.7 Å². The van der Waals surface area contributed by atoms with Crippen molar-refractivity contribution < 1.29 is 18.0 Å². The van der Waals surface area contributed by atoms with E-state index in [0.29, 0.717) is 18.5 Å². The van der Waals surface area contributed by atoms with E-state index in [-0.39, 0.29) is 29.4 Å². The molecule has 3 rings (SSSR count). The van der Waals surface area contributed by atoms with Crippen LogP contribution in [0, 0.1) is 12.8 Å². The van der Waals surface area contributed by atoms with Crippen LogP contribution in [0.2, 0.25) is 0 Å². The first-order chi connectivity index (χ1) is 11.8. The number of hydrogen-bond acceptors (Lipinski definition) is 3. The molecule has 1 aromatic heterocycles. The quantitative estimate of drug-likeness (QED) is 0.890. The van der Waals surface area contributed by atoms with Gasteiger partial charge in [0.1, 0.15) is 5.82 Å². The van der Waals surface area contributed by atoms with Crippen LogP contribution in [0.3, 0.4) is 0 Å². The molecule has 1 heterocycles. The second kappa shape index (κ2) is 6.51. The monoisotopic (exact) mass is 352 g/mol. The van der Waals surface area contributed by atoms with Crippen LogP contribution in [0.25, 0.3) is 5.69 Å². The Kier molecular flexibility index (Phi) is 4.55. The van der Waals surface area contributed by atoms with Crippen molar-refractivity contribution >= 4 is 11.7 Å². The van der Waals surface area contributed by atoms with Gasteiger partial charge >= 0.3 is 6.18 Å². The van der Waals surface area contributed by atoms with E-state index in [1.165, 1.54) is 18.2 Å². The largest absolute Gasteiger partial charge is 0.418 e. The van der Waals surface area contributed by atoms with Crippen LogP contribution in [0.1, 0.15) is 30.5 Å². The Bertz CT molecular complexity index is 784. The molecule has 1 aliphatic carbocycles. The number of rotatable bonds is 3. The SMILES string of the molecule is Cc1cc(NC(=O)C2CCC(N)C2)n(-c2ccccc2C(F)(F)F)n1. The summed E-state index contributed by atoms with van der Waals surface area (Å²) in [7, 11) is 0. The van der Waals surface area contributed by atoms with Gasteiger partial charge in [0.05, 0.1) is 16.9 Å². The summed E-state index contributed by atoms with van der Waals surface area (Å²) in [5.41, 5.74) is 5.40. The molecule has 0 spiro atoms. The Morgan fingerprint density at radius 3 is 2.68 bits per heavy atom. The Labute approximate surface area is 143 Å². The average molecular weight is 352 g/mol. The van der Waals surface area contributed by atoms with E-state index in [2.05, 4.69) is 10.4 Å². The second-order valence-electron chi connectivity index (χ2n) is 6.36. The third-order valence-electron chi connectivity index (χ3n) is 4.36. The number of para-hydroxylation sites is 1. The lowest BCUT2D eigenvalue weighted by atomic mass is 10.1. The maximum absolute atomic E-state index is 13.3. The zero-order valence-corrected chi connectivity index (χ0v) is 13.7. The molecule has 8 heteroatoms. The van der Waals surface area contributed by atoms with E-state index >= 15 is 0 Å². The summed E-state index contributed by atoms with van der Waals surface area (Å²) in [6.07, 6.45) is -2.49. The summed E-state index contributed by atoms with van der Waals surface area (Å²) in [4.78, 5) is 12.4. The van der Waals surface area contributed by atoms with Gasteiger partial charge in [0.2, 0.25) is 5.91 Å². The van der Waals surface area contributed by atoms with E-state index in [1.807, 2.05) is 0 Å². The molecule has 0 aliphatic heterocycles. The molecular formula is C17H19F3N4O. The maximum Gasteiger partial charge on any atom is 0.418 e. The minimum absolute atomic E-state index is 0.00616. The number of halogens is 3. The highest BCUT2D eigenvalue weighted by molar-refractivity contribution is 5.92. The van der Waals surface area contributed by atoms with Gasteiger partial charge in [-0.25, -0.2) is 4.68 Å². The number of aryl methyl sites for hydroxylation is 1. The van der Waals surface area contributed by atoms with E-state index in [0.717, 1.165) is 17.2 Å². The van der Waals surface area contributed by atoms with Gasteiger partial charge in [-0.15, -0.1) is 0 Å². The van der Waals surface area contributed by atoms with Gasteiger partial charge in [-0.05, 0) is 38.3 Å². The molecule has 0 saturated heterocycles. The molecular weight excluding hydrogens is 333 g/mol. The fourth-order valence-electron chi connectivity index (χ4n) is 3.15. The van der Waals surface area contributed by atoms with Crippen LogP contribution < -0.4 is 11.1 Å². The fourth-order valence-corrected chi connectivity index (χ4v) is 3.15. The first-order valence-corrected chi connectivity index (χ1v) is 8.05. The summed E-state index contributed by atoms with van der Waals surface area (Å²) in [6.45, 7) is 1.66. The summed E-state index contributed by atoms with van der Waals surface area (Å²) in [5, 5.41) is 6.84. The molecule has 1 fully saturated rings. The van der Waals surface area contributed by atoms with Crippen LogP contribution in [0.4, 0.5) is 19.0 Å². The van der Waals surface area contributed by atoms with E-state index in [9.17, 15) is 18.0 Å². The van der Waals surface area contributed by atoms with Gasteiger partial charge in [0.15, 0.2) is 0 Å². The Morgan fingerprint density at radius 1 is 1.32 bits per heavy atom. The predicted molar refractivity (Wildman–Crippen MR) is 87.2 cm³/mol. The van der Waals surface area contributed by atoms with Crippen molar-refractivity contribution in [3.05, 3.63) is 41.6 Å². The smallest absolute Gasteiger partial charge is 0.328 e. The van der Waals surface area contributed by atoms with Crippen molar-refractivity contribution in [3.8, 4) is 5.69 Å². The molecule has 0 bridgehead atoms. The predicted octanol–water partition coefficient (Wildman–Crippen LogP) is 3.27. The zero-order valence-electron chi connectivity index (χ0n) is 13.7.